The Balaban J connectivity index is 2.07. The zero-order valence-corrected chi connectivity index (χ0v) is 12.4. The van der Waals surface area contributed by atoms with E-state index in [0.717, 1.165) is 16.7 Å². The van der Waals surface area contributed by atoms with Gasteiger partial charge in [0.25, 0.3) is 0 Å². The van der Waals surface area contributed by atoms with E-state index < -0.39 is 11.6 Å². The van der Waals surface area contributed by atoms with Crippen LogP contribution in [0.15, 0.2) is 71.8 Å². The van der Waals surface area contributed by atoms with E-state index in [9.17, 15) is 9.90 Å². The third kappa shape index (κ3) is 3.00. The van der Waals surface area contributed by atoms with Crippen molar-refractivity contribution < 1.29 is 9.90 Å². The van der Waals surface area contributed by atoms with Crippen molar-refractivity contribution in [1.29, 1.82) is 0 Å². The van der Waals surface area contributed by atoms with Gasteiger partial charge >= 0.3 is 6.03 Å². The van der Waals surface area contributed by atoms with Crippen LogP contribution in [0.1, 0.15) is 17.5 Å². The fourth-order valence-electron chi connectivity index (χ4n) is 2.80. The fraction of sp³-hybridized carbons (Fsp3) is 0.111. The van der Waals surface area contributed by atoms with Crippen molar-refractivity contribution in [3.05, 3.63) is 77.9 Å². The Hall–Kier alpha value is -2.92. The van der Waals surface area contributed by atoms with Crippen molar-refractivity contribution in [1.82, 2.24) is 5.43 Å². The number of allylic oxidation sites excluding steroid dienone is 1. The van der Waals surface area contributed by atoms with Gasteiger partial charge in [-0.2, -0.15) is 5.10 Å². The summed E-state index contributed by atoms with van der Waals surface area (Å²) >= 11 is 0. The summed E-state index contributed by atoms with van der Waals surface area (Å²) in [6.45, 7) is 0. The first-order valence-corrected chi connectivity index (χ1v) is 7.27. The molecule has 0 aromatic heterocycles. The number of amides is 2. The molecule has 0 bridgehead atoms. The van der Waals surface area contributed by atoms with Crippen LogP contribution in [0.2, 0.25) is 0 Å². The van der Waals surface area contributed by atoms with E-state index in [1.54, 1.807) is 6.08 Å². The molecule has 1 aliphatic carbocycles. The van der Waals surface area contributed by atoms with Gasteiger partial charge in [0.05, 0.1) is 5.71 Å². The molecule has 2 amide bonds. The predicted molar refractivity (Wildman–Crippen MR) is 89.5 cm³/mol. The molecule has 0 radical (unpaired) electrons. The minimum atomic E-state index is -1.19. The second-order valence-corrected chi connectivity index (χ2v) is 5.41. The van der Waals surface area contributed by atoms with Crippen molar-refractivity contribution >= 4 is 17.3 Å². The Bertz CT molecular complexity index is 769. The van der Waals surface area contributed by atoms with Gasteiger partial charge in [-0.1, -0.05) is 60.7 Å². The number of hydrazone groups is 1. The summed E-state index contributed by atoms with van der Waals surface area (Å²) in [5.74, 6) is 0. The van der Waals surface area contributed by atoms with Crippen molar-refractivity contribution in [3.8, 4) is 0 Å². The summed E-state index contributed by atoms with van der Waals surface area (Å²) in [7, 11) is 0. The zero-order valence-electron chi connectivity index (χ0n) is 12.4. The van der Waals surface area contributed by atoms with E-state index in [0.29, 0.717) is 5.71 Å². The monoisotopic (exact) mass is 307 g/mol. The summed E-state index contributed by atoms with van der Waals surface area (Å²) in [4.78, 5) is 10.9. The minimum absolute atomic E-state index is 0.265. The van der Waals surface area contributed by atoms with Gasteiger partial charge in [0.2, 0.25) is 0 Å². The Morgan fingerprint density at radius 3 is 2.30 bits per heavy atom. The van der Waals surface area contributed by atoms with Crippen LogP contribution in [-0.2, 0) is 5.60 Å². The average molecular weight is 307 g/mol. The lowest BCUT2D eigenvalue weighted by molar-refractivity contribution is 0.113. The Morgan fingerprint density at radius 1 is 1.09 bits per heavy atom. The maximum Gasteiger partial charge on any atom is 0.332 e. The topological polar surface area (TPSA) is 87.7 Å². The number of rotatable bonds is 3. The highest BCUT2D eigenvalue weighted by molar-refractivity contribution is 6.08. The first-order valence-electron chi connectivity index (χ1n) is 7.27. The molecule has 1 unspecified atom stereocenters. The third-order valence-electron chi connectivity index (χ3n) is 3.84. The normalized spacial score (nSPS) is 22.0. The number of carbonyl (C=O) groups is 1. The van der Waals surface area contributed by atoms with E-state index in [4.69, 9.17) is 5.73 Å². The number of hydrogen-bond donors (Lipinski definition) is 3. The van der Waals surface area contributed by atoms with Gasteiger partial charge in [-0.15, -0.1) is 0 Å². The lowest BCUT2D eigenvalue weighted by Crippen LogP contribution is -2.27. The van der Waals surface area contributed by atoms with Gasteiger partial charge in [0.15, 0.2) is 0 Å². The molecular weight excluding hydrogens is 290 g/mol. The van der Waals surface area contributed by atoms with Crippen molar-refractivity contribution in [2.75, 3.05) is 0 Å². The Kier molecular flexibility index (Phi) is 3.95. The number of nitrogens with zero attached hydrogens (tertiary/aromatic N) is 1. The van der Waals surface area contributed by atoms with E-state index in [1.165, 1.54) is 0 Å². The maximum absolute atomic E-state index is 11.3. The van der Waals surface area contributed by atoms with Crippen LogP contribution in [-0.4, -0.2) is 16.8 Å². The lowest BCUT2D eigenvalue weighted by Gasteiger charge is -2.27. The lowest BCUT2D eigenvalue weighted by atomic mass is 9.84. The van der Waals surface area contributed by atoms with Crippen LogP contribution in [0.3, 0.4) is 0 Å². The average Bonchev–Trinajstić information content (AvgIpc) is 2.93. The van der Waals surface area contributed by atoms with E-state index in [-0.39, 0.29) is 6.42 Å². The molecule has 0 saturated carbocycles. The van der Waals surface area contributed by atoms with Crippen LogP contribution < -0.4 is 11.2 Å². The number of primary amides is 1. The second-order valence-electron chi connectivity index (χ2n) is 5.41. The summed E-state index contributed by atoms with van der Waals surface area (Å²) < 4.78 is 0. The van der Waals surface area contributed by atoms with Gasteiger partial charge in [-0.25, -0.2) is 10.2 Å². The minimum Gasteiger partial charge on any atom is -0.380 e. The molecule has 3 rings (SSSR count). The van der Waals surface area contributed by atoms with Crippen LogP contribution in [0.4, 0.5) is 4.79 Å². The van der Waals surface area contributed by atoms with Crippen molar-refractivity contribution in [2.24, 2.45) is 10.8 Å². The highest BCUT2D eigenvalue weighted by Gasteiger charge is 2.40. The Labute approximate surface area is 134 Å². The molecular formula is C18H17N3O2. The number of aliphatic hydroxyl groups is 1. The van der Waals surface area contributed by atoms with Gasteiger partial charge in [0, 0.05) is 6.42 Å². The number of carbonyl (C=O) groups excluding carboxylic acids is 1. The number of hydrogen-bond acceptors (Lipinski definition) is 3. The van der Waals surface area contributed by atoms with Crippen LogP contribution in [0, 0.1) is 0 Å². The van der Waals surface area contributed by atoms with Crippen LogP contribution in [0.25, 0.3) is 5.57 Å². The molecule has 116 valence electrons. The molecule has 23 heavy (non-hydrogen) atoms. The van der Waals surface area contributed by atoms with E-state index in [2.05, 4.69) is 10.5 Å². The summed E-state index contributed by atoms with van der Waals surface area (Å²) in [5.41, 5.74) is 9.07. The summed E-state index contributed by atoms with van der Waals surface area (Å²) in [6, 6.07) is 18.3. The Morgan fingerprint density at radius 2 is 1.70 bits per heavy atom. The second kappa shape index (κ2) is 6.06. The smallest absolute Gasteiger partial charge is 0.332 e. The van der Waals surface area contributed by atoms with Gasteiger partial charge in [-0.3, -0.25) is 0 Å². The van der Waals surface area contributed by atoms with E-state index >= 15 is 0 Å². The summed E-state index contributed by atoms with van der Waals surface area (Å²) in [5, 5.41) is 15.3. The SMILES string of the molecule is NC(=O)NN=C1C=C(c2ccccc2)C(O)(c2ccccc2)C1. The van der Waals surface area contributed by atoms with Gasteiger partial charge < -0.3 is 10.8 Å². The predicted octanol–water partition coefficient (Wildman–Crippen LogP) is 2.39. The third-order valence-corrected chi connectivity index (χ3v) is 3.84. The molecule has 4 N–H and O–H groups in total. The van der Waals surface area contributed by atoms with Gasteiger partial charge in [-0.05, 0) is 22.8 Å². The standard InChI is InChI=1S/C18H17N3O2/c19-17(22)21-20-15-11-16(13-7-3-1-4-8-13)18(23,12-15)14-9-5-2-6-10-14/h1-11,23H,12H2,(H3,19,21,22). The largest absolute Gasteiger partial charge is 0.380 e. The maximum atomic E-state index is 11.3. The molecule has 0 saturated heterocycles. The van der Waals surface area contributed by atoms with E-state index in [1.807, 2.05) is 60.7 Å². The molecule has 0 aliphatic heterocycles. The number of nitrogens with two attached hydrogens (primary N) is 1. The van der Waals surface area contributed by atoms with Crippen LogP contribution in [0.5, 0.6) is 0 Å². The fourth-order valence-corrected chi connectivity index (χ4v) is 2.80. The molecule has 0 spiro atoms. The molecule has 2 aromatic rings. The first-order chi connectivity index (χ1) is 11.1. The molecule has 5 nitrogen and oxygen atoms in total. The number of urea groups is 1. The molecule has 1 atom stereocenters. The molecule has 0 heterocycles. The zero-order chi connectivity index (χ0) is 16.3. The molecule has 2 aromatic carbocycles. The first kappa shape index (κ1) is 15.0. The van der Waals surface area contributed by atoms with Gasteiger partial charge in [0.1, 0.15) is 5.60 Å². The van der Waals surface area contributed by atoms with Crippen molar-refractivity contribution in [3.63, 3.8) is 0 Å². The molecule has 0 fully saturated rings. The highest BCUT2D eigenvalue weighted by atomic mass is 16.3. The van der Waals surface area contributed by atoms with Crippen molar-refractivity contribution in [2.45, 2.75) is 12.0 Å². The molecule has 5 heteroatoms. The highest BCUT2D eigenvalue weighted by Crippen LogP contribution is 2.43. The number of benzene rings is 2. The summed E-state index contributed by atoms with van der Waals surface area (Å²) in [6.07, 6.45) is 2.06. The van der Waals surface area contributed by atoms with Crippen LogP contribution >= 0.6 is 0 Å². The molecule has 1 aliphatic rings. The quantitative estimate of drug-likeness (QED) is 0.760. The number of nitrogens with one attached hydrogen (secondary N) is 1.